The van der Waals surface area contributed by atoms with Gasteiger partial charge in [-0.2, -0.15) is 0 Å². The number of rotatable bonds is 6. The van der Waals surface area contributed by atoms with E-state index in [1.807, 2.05) is 72.8 Å². The van der Waals surface area contributed by atoms with Crippen molar-refractivity contribution in [2.24, 2.45) is 5.73 Å². The quantitative estimate of drug-likeness (QED) is 0.687. The zero-order chi connectivity index (χ0) is 19.3. The molecule has 1 heterocycles. The lowest BCUT2D eigenvalue weighted by molar-refractivity contribution is 0.0648. The Morgan fingerprint density at radius 3 is 2.14 bits per heavy atom. The molecular formula is C23H23NO4. The van der Waals surface area contributed by atoms with Gasteiger partial charge < -0.3 is 25.1 Å². The number of ether oxygens (including phenoxy) is 3. The van der Waals surface area contributed by atoms with Crippen molar-refractivity contribution in [1.82, 2.24) is 0 Å². The highest BCUT2D eigenvalue weighted by molar-refractivity contribution is 5.54. The van der Waals surface area contributed by atoms with E-state index in [2.05, 4.69) is 0 Å². The van der Waals surface area contributed by atoms with E-state index in [4.69, 9.17) is 19.9 Å². The smallest absolute Gasteiger partial charge is 0.166 e. The van der Waals surface area contributed by atoms with E-state index in [-0.39, 0.29) is 6.61 Å². The standard InChI is InChI=1S/C23H23NO4/c24-22-19-11-18(26-13-16-7-3-1-4-8-16)12-21(23(19)28-15-20(22)25)27-14-17-9-5-2-6-10-17/h1-12,20,22,25H,13-15,24H2/t20-,22+/m1/s1. The fourth-order valence-corrected chi connectivity index (χ4v) is 3.15. The van der Waals surface area contributed by atoms with E-state index in [9.17, 15) is 5.11 Å². The second-order valence-corrected chi connectivity index (χ2v) is 6.79. The van der Waals surface area contributed by atoms with E-state index >= 15 is 0 Å². The lowest BCUT2D eigenvalue weighted by Crippen LogP contribution is -2.35. The van der Waals surface area contributed by atoms with Crippen molar-refractivity contribution in [3.05, 3.63) is 89.5 Å². The second-order valence-electron chi connectivity index (χ2n) is 6.79. The molecule has 3 aromatic rings. The fraction of sp³-hybridized carbons (Fsp3) is 0.217. The Bertz CT molecular complexity index is 915. The minimum absolute atomic E-state index is 0.139. The summed E-state index contributed by atoms with van der Waals surface area (Å²) >= 11 is 0. The minimum atomic E-state index is -0.765. The van der Waals surface area contributed by atoms with Gasteiger partial charge in [-0.1, -0.05) is 60.7 Å². The Morgan fingerprint density at radius 2 is 1.50 bits per heavy atom. The van der Waals surface area contributed by atoms with Crippen molar-refractivity contribution in [2.45, 2.75) is 25.4 Å². The zero-order valence-electron chi connectivity index (χ0n) is 15.5. The molecule has 4 rings (SSSR count). The second kappa shape index (κ2) is 8.33. The molecular weight excluding hydrogens is 354 g/mol. The van der Waals surface area contributed by atoms with Gasteiger partial charge in [0.05, 0.1) is 6.04 Å². The first-order valence-electron chi connectivity index (χ1n) is 9.28. The van der Waals surface area contributed by atoms with Gasteiger partial charge in [0.15, 0.2) is 11.5 Å². The number of aliphatic hydroxyl groups is 1. The van der Waals surface area contributed by atoms with Crippen LogP contribution < -0.4 is 19.9 Å². The first-order chi connectivity index (χ1) is 13.7. The van der Waals surface area contributed by atoms with Crippen LogP contribution in [0.25, 0.3) is 0 Å². The van der Waals surface area contributed by atoms with Crippen molar-refractivity contribution in [3.63, 3.8) is 0 Å². The van der Waals surface area contributed by atoms with Crippen molar-refractivity contribution >= 4 is 0 Å². The normalized spacial score (nSPS) is 18.1. The summed E-state index contributed by atoms with van der Waals surface area (Å²) in [7, 11) is 0. The topological polar surface area (TPSA) is 73.9 Å². The van der Waals surface area contributed by atoms with E-state index in [0.29, 0.717) is 36.0 Å². The van der Waals surface area contributed by atoms with E-state index < -0.39 is 12.1 Å². The number of hydrogen-bond donors (Lipinski definition) is 2. The average molecular weight is 377 g/mol. The van der Waals surface area contributed by atoms with Gasteiger partial charge in [-0.25, -0.2) is 0 Å². The predicted octanol–water partition coefficient (Wildman–Crippen LogP) is 3.60. The first-order valence-corrected chi connectivity index (χ1v) is 9.28. The Kier molecular flexibility index (Phi) is 5.46. The van der Waals surface area contributed by atoms with Gasteiger partial charge in [0.1, 0.15) is 31.7 Å². The summed E-state index contributed by atoms with van der Waals surface area (Å²) in [6, 6.07) is 22.9. The molecule has 0 amide bonds. The molecule has 0 aromatic heterocycles. The Morgan fingerprint density at radius 1 is 0.893 bits per heavy atom. The molecule has 0 spiro atoms. The number of benzene rings is 3. The maximum atomic E-state index is 10.1. The third-order valence-electron chi connectivity index (χ3n) is 4.71. The maximum Gasteiger partial charge on any atom is 0.166 e. The van der Waals surface area contributed by atoms with Crippen LogP contribution in [0.5, 0.6) is 17.2 Å². The lowest BCUT2D eigenvalue weighted by Gasteiger charge is -2.29. The van der Waals surface area contributed by atoms with Gasteiger partial charge in [0.2, 0.25) is 0 Å². The van der Waals surface area contributed by atoms with Crippen LogP contribution in [-0.2, 0) is 13.2 Å². The van der Waals surface area contributed by atoms with Crippen molar-refractivity contribution < 1.29 is 19.3 Å². The van der Waals surface area contributed by atoms with Gasteiger partial charge >= 0.3 is 0 Å². The molecule has 0 unspecified atom stereocenters. The molecule has 0 bridgehead atoms. The van der Waals surface area contributed by atoms with E-state index in [1.165, 1.54) is 0 Å². The Hall–Kier alpha value is -3.02. The van der Waals surface area contributed by atoms with Crippen LogP contribution in [0, 0.1) is 0 Å². The maximum absolute atomic E-state index is 10.1. The number of fused-ring (bicyclic) bond motifs is 1. The van der Waals surface area contributed by atoms with Crippen LogP contribution >= 0.6 is 0 Å². The average Bonchev–Trinajstić information content (AvgIpc) is 2.75. The highest BCUT2D eigenvalue weighted by Gasteiger charge is 2.30. The molecule has 3 N–H and O–H groups in total. The monoisotopic (exact) mass is 377 g/mol. The van der Waals surface area contributed by atoms with Crippen LogP contribution in [0.4, 0.5) is 0 Å². The van der Waals surface area contributed by atoms with Crippen LogP contribution in [0.2, 0.25) is 0 Å². The summed E-state index contributed by atoms with van der Waals surface area (Å²) in [5.74, 6) is 1.76. The van der Waals surface area contributed by atoms with Crippen LogP contribution in [-0.4, -0.2) is 17.8 Å². The molecule has 1 aliphatic rings. The van der Waals surface area contributed by atoms with Crippen LogP contribution in [0.15, 0.2) is 72.8 Å². The van der Waals surface area contributed by atoms with Crippen molar-refractivity contribution in [3.8, 4) is 17.2 Å². The fourth-order valence-electron chi connectivity index (χ4n) is 3.15. The van der Waals surface area contributed by atoms with Crippen molar-refractivity contribution in [1.29, 1.82) is 0 Å². The van der Waals surface area contributed by atoms with Crippen LogP contribution in [0.1, 0.15) is 22.7 Å². The third-order valence-corrected chi connectivity index (χ3v) is 4.71. The van der Waals surface area contributed by atoms with Gasteiger partial charge in [-0.05, 0) is 17.2 Å². The molecule has 5 nitrogen and oxygen atoms in total. The first kappa shape index (κ1) is 18.3. The molecule has 0 fully saturated rings. The summed E-state index contributed by atoms with van der Waals surface area (Å²) in [6.45, 7) is 0.965. The SMILES string of the molecule is N[C@H]1c2cc(OCc3ccccc3)cc(OCc3ccccc3)c2OC[C@H]1O. The summed E-state index contributed by atoms with van der Waals surface area (Å²) in [6.07, 6.45) is -0.765. The van der Waals surface area contributed by atoms with Gasteiger partial charge in [-0.15, -0.1) is 0 Å². The summed E-state index contributed by atoms with van der Waals surface area (Å²) in [4.78, 5) is 0. The Balaban J connectivity index is 1.59. The molecule has 0 saturated heterocycles. The lowest BCUT2D eigenvalue weighted by atomic mass is 9.98. The van der Waals surface area contributed by atoms with Crippen molar-refractivity contribution in [2.75, 3.05) is 6.61 Å². The molecule has 0 radical (unpaired) electrons. The van der Waals surface area contributed by atoms with E-state index in [1.54, 1.807) is 0 Å². The summed E-state index contributed by atoms with van der Waals surface area (Å²) in [5, 5.41) is 10.1. The summed E-state index contributed by atoms with van der Waals surface area (Å²) < 4.78 is 17.7. The minimum Gasteiger partial charge on any atom is -0.489 e. The molecule has 5 heteroatoms. The molecule has 2 atom stereocenters. The largest absolute Gasteiger partial charge is 0.489 e. The molecule has 0 aliphatic carbocycles. The highest BCUT2D eigenvalue weighted by atomic mass is 16.5. The van der Waals surface area contributed by atoms with Gasteiger partial charge in [0, 0.05) is 11.6 Å². The number of nitrogens with two attached hydrogens (primary N) is 1. The number of hydrogen-bond acceptors (Lipinski definition) is 5. The molecule has 144 valence electrons. The highest BCUT2D eigenvalue weighted by Crippen LogP contribution is 2.42. The predicted molar refractivity (Wildman–Crippen MR) is 106 cm³/mol. The number of aliphatic hydroxyl groups excluding tert-OH is 1. The zero-order valence-corrected chi connectivity index (χ0v) is 15.5. The van der Waals surface area contributed by atoms with Gasteiger partial charge in [0.25, 0.3) is 0 Å². The molecule has 1 aliphatic heterocycles. The molecule has 3 aromatic carbocycles. The van der Waals surface area contributed by atoms with E-state index in [0.717, 1.165) is 11.1 Å². The van der Waals surface area contributed by atoms with Gasteiger partial charge in [-0.3, -0.25) is 0 Å². The molecule has 28 heavy (non-hydrogen) atoms. The third kappa shape index (κ3) is 4.11. The van der Waals surface area contributed by atoms with Crippen LogP contribution in [0.3, 0.4) is 0 Å². The molecule has 0 saturated carbocycles. The summed E-state index contributed by atoms with van der Waals surface area (Å²) in [5.41, 5.74) is 9.00. The Labute approximate surface area is 164 Å².